The van der Waals surface area contributed by atoms with E-state index in [4.69, 9.17) is 0 Å². The molecule has 1 heterocycles. The Morgan fingerprint density at radius 2 is 1.95 bits per heavy atom. The fourth-order valence-corrected chi connectivity index (χ4v) is 1.91. The number of hydrogen-bond acceptors (Lipinski definition) is 2. The second-order valence-corrected chi connectivity index (χ2v) is 4.42. The molecule has 0 aliphatic carbocycles. The fraction of sp³-hybridized carbons (Fsp3) is 0.357. The van der Waals surface area contributed by atoms with Gasteiger partial charge in [-0.2, -0.15) is 5.10 Å². The van der Waals surface area contributed by atoms with E-state index in [9.17, 15) is 8.78 Å². The molecule has 3 nitrogen and oxygen atoms in total. The Labute approximate surface area is 111 Å². The van der Waals surface area contributed by atoms with Crippen LogP contribution in [0, 0.1) is 6.92 Å². The standard InChI is InChI=1S/C14H17F2N3/c1-11-13(9-18-19(11)10-14(15)16)8-17-7-12-5-3-2-4-6-12/h2-6,9,14,17H,7-8,10H2,1H3. The van der Waals surface area contributed by atoms with E-state index in [1.54, 1.807) is 6.20 Å². The third-order valence-corrected chi connectivity index (χ3v) is 3.00. The van der Waals surface area contributed by atoms with Crippen molar-refractivity contribution in [2.24, 2.45) is 0 Å². The molecule has 0 aliphatic rings. The van der Waals surface area contributed by atoms with Gasteiger partial charge in [-0.3, -0.25) is 4.68 Å². The highest BCUT2D eigenvalue weighted by Gasteiger charge is 2.10. The molecule has 0 bridgehead atoms. The maximum absolute atomic E-state index is 12.3. The molecule has 5 heteroatoms. The highest BCUT2D eigenvalue weighted by atomic mass is 19.3. The van der Waals surface area contributed by atoms with Crippen molar-refractivity contribution >= 4 is 0 Å². The third-order valence-electron chi connectivity index (χ3n) is 3.00. The van der Waals surface area contributed by atoms with Crippen LogP contribution in [0.25, 0.3) is 0 Å². The average molecular weight is 265 g/mol. The molecule has 0 aliphatic heterocycles. The number of nitrogens with one attached hydrogen (secondary N) is 1. The molecular weight excluding hydrogens is 248 g/mol. The van der Waals surface area contributed by atoms with Crippen LogP contribution in [-0.4, -0.2) is 16.2 Å². The van der Waals surface area contributed by atoms with Crippen LogP contribution in [0.1, 0.15) is 16.8 Å². The van der Waals surface area contributed by atoms with Crippen LogP contribution in [0.15, 0.2) is 36.5 Å². The lowest BCUT2D eigenvalue weighted by Gasteiger charge is -2.06. The Hall–Kier alpha value is -1.75. The fourth-order valence-electron chi connectivity index (χ4n) is 1.91. The molecule has 19 heavy (non-hydrogen) atoms. The first-order valence-corrected chi connectivity index (χ1v) is 6.21. The van der Waals surface area contributed by atoms with Gasteiger partial charge in [0.2, 0.25) is 0 Å². The van der Waals surface area contributed by atoms with Crippen LogP contribution in [0.2, 0.25) is 0 Å². The maximum Gasteiger partial charge on any atom is 0.257 e. The van der Waals surface area contributed by atoms with E-state index >= 15 is 0 Å². The first-order chi connectivity index (χ1) is 9.16. The van der Waals surface area contributed by atoms with Gasteiger partial charge in [0.25, 0.3) is 6.43 Å². The molecule has 1 N–H and O–H groups in total. The van der Waals surface area contributed by atoms with Crippen molar-refractivity contribution in [1.29, 1.82) is 0 Å². The molecule has 1 aromatic carbocycles. The summed E-state index contributed by atoms with van der Waals surface area (Å²) in [5, 5.41) is 7.26. The minimum atomic E-state index is -2.37. The van der Waals surface area contributed by atoms with Crippen molar-refractivity contribution in [3.63, 3.8) is 0 Å². The molecule has 0 unspecified atom stereocenters. The van der Waals surface area contributed by atoms with E-state index in [2.05, 4.69) is 10.4 Å². The summed E-state index contributed by atoms with van der Waals surface area (Å²) in [5.41, 5.74) is 2.94. The predicted octanol–water partition coefficient (Wildman–Crippen LogP) is 2.75. The molecule has 1 aromatic heterocycles. The molecule has 0 saturated carbocycles. The molecule has 0 fully saturated rings. The highest BCUT2D eigenvalue weighted by molar-refractivity contribution is 5.17. The van der Waals surface area contributed by atoms with Gasteiger partial charge in [-0.15, -0.1) is 0 Å². The van der Waals surface area contributed by atoms with Crippen molar-refractivity contribution in [2.45, 2.75) is 33.0 Å². The van der Waals surface area contributed by atoms with E-state index < -0.39 is 6.43 Å². The quantitative estimate of drug-likeness (QED) is 0.870. The molecule has 0 amide bonds. The lowest BCUT2D eigenvalue weighted by Crippen LogP contribution is -2.14. The lowest BCUT2D eigenvalue weighted by molar-refractivity contribution is 0.121. The zero-order valence-electron chi connectivity index (χ0n) is 10.8. The number of aromatic nitrogens is 2. The van der Waals surface area contributed by atoms with Gasteiger partial charge < -0.3 is 5.32 Å². The van der Waals surface area contributed by atoms with Crippen molar-refractivity contribution in [3.05, 3.63) is 53.3 Å². The summed E-state index contributed by atoms with van der Waals surface area (Å²) in [6.45, 7) is 2.85. The Kier molecular flexibility index (Phi) is 4.63. The Bertz CT molecular complexity index is 509. The largest absolute Gasteiger partial charge is 0.308 e. The third kappa shape index (κ3) is 3.86. The molecule has 0 saturated heterocycles. The van der Waals surface area contributed by atoms with Crippen molar-refractivity contribution in [1.82, 2.24) is 15.1 Å². The van der Waals surface area contributed by atoms with Gasteiger partial charge in [0, 0.05) is 24.3 Å². The van der Waals surface area contributed by atoms with Crippen LogP contribution in [0.3, 0.4) is 0 Å². The Morgan fingerprint density at radius 1 is 1.21 bits per heavy atom. The van der Waals surface area contributed by atoms with E-state index in [-0.39, 0.29) is 6.54 Å². The summed E-state index contributed by atoms with van der Waals surface area (Å²) in [6, 6.07) is 10.0. The summed E-state index contributed by atoms with van der Waals surface area (Å²) >= 11 is 0. The van der Waals surface area contributed by atoms with Crippen molar-refractivity contribution in [2.75, 3.05) is 0 Å². The van der Waals surface area contributed by atoms with Gasteiger partial charge in [0.1, 0.15) is 6.54 Å². The first-order valence-electron chi connectivity index (χ1n) is 6.21. The molecule has 0 spiro atoms. The number of benzene rings is 1. The van der Waals surface area contributed by atoms with E-state index in [1.165, 1.54) is 10.2 Å². The molecule has 102 valence electrons. The number of hydrogen-bond donors (Lipinski definition) is 1. The molecule has 2 aromatic rings. The second-order valence-electron chi connectivity index (χ2n) is 4.42. The minimum Gasteiger partial charge on any atom is -0.308 e. The summed E-state index contributed by atoms with van der Waals surface area (Å²) in [7, 11) is 0. The molecule has 0 radical (unpaired) electrons. The normalized spacial score (nSPS) is 11.2. The zero-order valence-corrected chi connectivity index (χ0v) is 10.8. The number of halogens is 2. The minimum absolute atomic E-state index is 0.343. The van der Waals surface area contributed by atoms with E-state index in [1.807, 2.05) is 37.3 Å². The van der Waals surface area contributed by atoms with Gasteiger partial charge in [-0.05, 0) is 12.5 Å². The van der Waals surface area contributed by atoms with Crippen LogP contribution in [0.5, 0.6) is 0 Å². The van der Waals surface area contributed by atoms with Crippen LogP contribution >= 0.6 is 0 Å². The lowest BCUT2D eigenvalue weighted by atomic mass is 10.2. The van der Waals surface area contributed by atoms with Crippen LogP contribution in [-0.2, 0) is 19.6 Å². The predicted molar refractivity (Wildman–Crippen MR) is 70.0 cm³/mol. The van der Waals surface area contributed by atoms with Crippen molar-refractivity contribution < 1.29 is 8.78 Å². The smallest absolute Gasteiger partial charge is 0.257 e. The van der Waals surface area contributed by atoms with E-state index in [0.29, 0.717) is 6.54 Å². The summed E-state index contributed by atoms with van der Waals surface area (Å²) in [6.07, 6.45) is -0.723. The summed E-state index contributed by atoms with van der Waals surface area (Å²) in [4.78, 5) is 0. The maximum atomic E-state index is 12.3. The van der Waals surface area contributed by atoms with Crippen LogP contribution < -0.4 is 5.32 Å². The molecule has 0 atom stereocenters. The number of nitrogens with zero attached hydrogens (tertiary/aromatic N) is 2. The summed E-state index contributed by atoms with van der Waals surface area (Å²) < 4.78 is 26.0. The summed E-state index contributed by atoms with van der Waals surface area (Å²) in [5.74, 6) is 0. The van der Waals surface area contributed by atoms with Crippen LogP contribution in [0.4, 0.5) is 8.78 Å². The van der Waals surface area contributed by atoms with Gasteiger partial charge in [0.05, 0.1) is 6.20 Å². The van der Waals surface area contributed by atoms with Gasteiger partial charge >= 0.3 is 0 Å². The van der Waals surface area contributed by atoms with Gasteiger partial charge in [-0.1, -0.05) is 30.3 Å². The average Bonchev–Trinajstić information content (AvgIpc) is 2.72. The Balaban J connectivity index is 1.88. The van der Waals surface area contributed by atoms with Crippen molar-refractivity contribution in [3.8, 4) is 0 Å². The monoisotopic (exact) mass is 265 g/mol. The first kappa shape index (κ1) is 13.7. The zero-order chi connectivity index (χ0) is 13.7. The SMILES string of the molecule is Cc1c(CNCc2ccccc2)cnn1CC(F)F. The number of rotatable bonds is 6. The van der Waals surface area contributed by atoms with Gasteiger partial charge in [0.15, 0.2) is 0 Å². The highest BCUT2D eigenvalue weighted by Crippen LogP contribution is 2.09. The topological polar surface area (TPSA) is 29.9 Å². The second kappa shape index (κ2) is 6.43. The van der Waals surface area contributed by atoms with Gasteiger partial charge in [-0.25, -0.2) is 8.78 Å². The molecular formula is C14H17F2N3. The van der Waals surface area contributed by atoms with E-state index in [0.717, 1.165) is 17.8 Å². The number of alkyl halides is 2. The molecule has 2 rings (SSSR count). The Morgan fingerprint density at radius 3 is 2.63 bits per heavy atom.